The van der Waals surface area contributed by atoms with Gasteiger partial charge in [0, 0.05) is 17.3 Å². The smallest absolute Gasteiger partial charge is 0.0702 e. The van der Waals surface area contributed by atoms with Crippen LogP contribution in [0.15, 0.2) is 140 Å². The van der Waals surface area contributed by atoms with Crippen molar-refractivity contribution in [1.29, 1.82) is 0 Å². The maximum absolute atomic E-state index is 4.93. The minimum Gasteiger partial charge on any atom is -0.256 e. The summed E-state index contributed by atoms with van der Waals surface area (Å²) in [5.74, 6) is 0. The number of hydrogen-bond acceptors (Lipinski definition) is 1. The molecule has 0 bridgehead atoms. The molecule has 0 atom stereocenters. The lowest BCUT2D eigenvalue weighted by atomic mass is 9.86. The molecule has 1 aromatic heterocycles. The third-order valence-electron chi connectivity index (χ3n) is 7.09. The van der Waals surface area contributed by atoms with Gasteiger partial charge in [0.2, 0.25) is 0 Å². The summed E-state index contributed by atoms with van der Waals surface area (Å²) in [4.78, 5) is 4.93. The summed E-state index contributed by atoms with van der Waals surface area (Å²) in [6.45, 7) is 0. The van der Waals surface area contributed by atoms with Gasteiger partial charge in [-0.1, -0.05) is 121 Å². The summed E-state index contributed by atoms with van der Waals surface area (Å²) in [6.07, 6.45) is 2.03. The highest BCUT2D eigenvalue weighted by Gasteiger charge is 2.16. The lowest BCUT2D eigenvalue weighted by Gasteiger charge is -2.17. The van der Waals surface area contributed by atoms with Crippen LogP contribution in [0.5, 0.6) is 0 Å². The molecule has 1 heteroatoms. The van der Waals surface area contributed by atoms with Crippen LogP contribution in [0.2, 0.25) is 0 Å². The van der Waals surface area contributed by atoms with Gasteiger partial charge in [-0.2, -0.15) is 0 Å². The zero-order valence-electron chi connectivity index (χ0n) is 19.7. The minimum atomic E-state index is 0.985. The molecule has 0 aliphatic rings. The summed E-state index contributed by atoms with van der Waals surface area (Å²) < 4.78 is 0. The first kappa shape index (κ1) is 20.6. The Bertz CT molecular complexity index is 1810. The quantitative estimate of drug-likeness (QED) is 0.241. The van der Waals surface area contributed by atoms with Crippen molar-refractivity contribution in [2.75, 3.05) is 0 Å². The molecular weight excluding hydrogens is 434 g/mol. The monoisotopic (exact) mass is 457 g/mol. The van der Waals surface area contributed by atoms with Gasteiger partial charge < -0.3 is 0 Å². The summed E-state index contributed by atoms with van der Waals surface area (Å²) >= 11 is 0. The molecule has 168 valence electrons. The molecule has 0 aliphatic heterocycles. The Hall–Kier alpha value is -4.75. The SMILES string of the molecule is c1ccc(-c2c3ccccc3c(-c3ccc(-c4ccc5ccccc5c4)nc3)c3ccccc23)cc1. The maximum atomic E-state index is 4.93. The molecule has 36 heavy (non-hydrogen) atoms. The number of pyridine rings is 1. The summed E-state index contributed by atoms with van der Waals surface area (Å²) in [5, 5.41) is 7.49. The number of rotatable bonds is 3. The average Bonchev–Trinajstić information content (AvgIpc) is 2.96. The molecule has 7 aromatic rings. The number of fused-ring (bicyclic) bond motifs is 3. The Morgan fingerprint density at radius 2 is 0.889 bits per heavy atom. The van der Waals surface area contributed by atoms with E-state index >= 15 is 0 Å². The predicted molar refractivity (Wildman–Crippen MR) is 153 cm³/mol. The van der Waals surface area contributed by atoms with Crippen LogP contribution in [0.25, 0.3) is 65.8 Å². The molecule has 0 saturated heterocycles. The molecule has 1 heterocycles. The van der Waals surface area contributed by atoms with Gasteiger partial charge in [0.1, 0.15) is 0 Å². The van der Waals surface area contributed by atoms with Crippen LogP contribution in [-0.4, -0.2) is 4.98 Å². The fourth-order valence-corrected chi connectivity index (χ4v) is 5.42. The van der Waals surface area contributed by atoms with E-state index in [0.29, 0.717) is 0 Å². The second kappa shape index (κ2) is 8.48. The standard InChI is InChI=1S/C35H23N/c1-2-11-25(12-3-1)34-29-14-6-8-16-31(29)35(32-17-9-7-15-30(32)34)28-20-21-33(36-23-28)27-19-18-24-10-4-5-13-26(24)22-27/h1-23H. The second-order valence-electron chi connectivity index (χ2n) is 9.20. The van der Waals surface area contributed by atoms with E-state index in [1.807, 2.05) is 6.20 Å². The number of aromatic nitrogens is 1. The van der Waals surface area contributed by atoms with E-state index in [2.05, 4.69) is 133 Å². The zero-order chi connectivity index (χ0) is 23.9. The lowest BCUT2D eigenvalue weighted by Crippen LogP contribution is -1.91. The normalized spacial score (nSPS) is 11.3. The predicted octanol–water partition coefficient (Wildman–Crippen LogP) is 9.54. The fraction of sp³-hybridized carbons (Fsp3) is 0. The molecule has 0 spiro atoms. The van der Waals surface area contributed by atoms with Crippen molar-refractivity contribution in [2.24, 2.45) is 0 Å². The first-order valence-electron chi connectivity index (χ1n) is 12.3. The Morgan fingerprint density at radius 3 is 1.50 bits per heavy atom. The highest BCUT2D eigenvalue weighted by atomic mass is 14.7. The van der Waals surface area contributed by atoms with E-state index in [1.54, 1.807) is 0 Å². The molecule has 0 N–H and O–H groups in total. The summed E-state index contributed by atoms with van der Waals surface area (Å²) in [6, 6.07) is 47.6. The van der Waals surface area contributed by atoms with E-state index in [0.717, 1.165) is 16.8 Å². The van der Waals surface area contributed by atoms with E-state index in [4.69, 9.17) is 4.98 Å². The van der Waals surface area contributed by atoms with Gasteiger partial charge >= 0.3 is 0 Å². The topological polar surface area (TPSA) is 12.9 Å². The fourth-order valence-electron chi connectivity index (χ4n) is 5.42. The van der Waals surface area contributed by atoms with Crippen molar-refractivity contribution in [3.8, 4) is 33.5 Å². The van der Waals surface area contributed by atoms with Gasteiger partial charge in [0.25, 0.3) is 0 Å². The third-order valence-corrected chi connectivity index (χ3v) is 7.09. The van der Waals surface area contributed by atoms with Crippen LogP contribution in [0, 0.1) is 0 Å². The molecule has 0 amide bonds. The van der Waals surface area contributed by atoms with E-state index < -0.39 is 0 Å². The molecule has 0 radical (unpaired) electrons. The van der Waals surface area contributed by atoms with E-state index in [1.165, 1.54) is 49.0 Å². The van der Waals surface area contributed by atoms with E-state index in [-0.39, 0.29) is 0 Å². The van der Waals surface area contributed by atoms with Gasteiger partial charge in [0.15, 0.2) is 0 Å². The Morgan fingerprint density at radius 1 is 0.361 bits per heavy atom. The minimum absolute atomic E-state index is 0.985. The highest BCUT2D eigenvalue weighted by Crippen LogP contribution is 2.43. The van der Waals surface area contributed by atoms with E-state index in [9.17, 15) is 0 Å². The van der Waals surface area contributed by atoms with Crippen LogP contribution in [-0.2, 0) is 0 Å². The molecular formula is C35H23N. The maximum Gasteiger partial charge on any atom is 0.0702 e. The first-order chi connectivity index (χ1) is 17.9. The molecule has 0 unspecified atom stereocenters. The van der Waals surface area contributed by atoms with Crippen LogP contribution in [0.3, 0.4) is 0 Å². The zero-order valence-corrected chi connectivity index (χ0v) is 19.7. The van der Waals surface area contributed by atoms with Gasteiger partial charge in [0.05, 0.1) is 5.69 Å². The van der Waals surface area contributed by atoms with Crippen molar-refractivity contribution in [2.45, 2.75) is 0 Å². The Balaban J connectivity index is 1.44. The summed E-state index contributed by atoms with van der Waals surface area (Å²) in [5.41, 5.74) is 7.01. The van der Waals surface area contributed by atoms with Crippen molar-refractivity contribution in [3.05, 3.63) is 140 Å². The number of benzene rings is 6. The highest BCUT2D eigenvalue weighted by molar-refractivity contribution is 6.21. The molecule has 0 aliphatic carbocycles. The van der Waals surface area contributed by atoms with Crippen molar-refractivity contribution < 1.29 is 0 Å². The molecule has 7 rings (SSSR count). The van der Waals surface area contributed by atoms with Gasteiger partial charge in [-0.3, -0.25) is 4.98 Å². The van der Waals surface area contributed by atoms with Crippen molar-refractivity contribution in [3.63, 3.8) is 0 Å². The van der Waals surface area contributed by atoms with Crippen LogP contribution in [0.4, 0.5) is 0 Å². The van der Waals surface area contributed by atoms with Gasteiger partial charge in [-0.15, -0.1) is 0 Å². The largest absolute Gasteiger partial charge is 0.256 e. The van der Waals surface area contributed by atoms with Gasteiger partial charge in [-0.25, -0.2) is 0 Å². The second-order valence-corrected chi connectivity index (χ2v) is 9.20. The van der Waals surface area contributed by atoms with Crippen LogP contribution in [0.1, 0.15) is 0 Å². The Labute approximate surface area is 210 Å². The van der Waals surface area contributed by atoms with Crippen LogP contribution < -0.4 is 0 Å². The number of nitrogens with zero attached hydrogens (tertiary/aromatic N) is 1. The number of hydrogen-bond donors (Lipinski definition) is 0. The van der Waals surface area contributed by atoms with Crippen molar-refractivity contribution >= 4 is 32.3 Å². The third kappa shape index (κ3) is 3.37. The molecule has 0 saturated carbocycles. The van der Waals surface area contributed by atoms with Crippen LogP contribution >= 0.6 is 0 Å². The molecule has 6 aromatic carbocycles. The molecule has 0 fully saturated rings. The molecule has 1 nitrogen and oxygen atoms in total. The lowest BCUT2D eigenvalue weighted by molar-refractivity contribution is 1.33. The average molecular weight is 458 g/mol. The van der Waals surface area contributed by atoms with Crippen molar-refractivity contribution in [1.82, 2.24) is 4.98 Å². The van der Waals surface area contributed by atoms with Gasteiger partial charge in [-0.05, 0) is 61.1 Å². The summed E-state index contributed by atoms with van der Waals surface area (Å²) in [7, 11) is 0. The first-order valence-corrected chi connectivity index (χ1v) is 12.3. The Kier molecular flexibility index (Phi) is 4.85.